The van der Waals surface area contributed by atoms with E-state index < -0.39 is 0 Å². The van der Waals surface area contributed by atoms with E-state index in [1.807, 2.05) is 6.08 Å². The van der Waals surface area contributed by atoms with E-state index in [-0.39, 0.29) is 5.78 Å². The molecule has 2 nitrogen and oxygen atoms in total. The van der Waals surface area contributed by atoms with E-state index in [4.69, 9.17) is 4.74 Å². The van der Waals surface area contributed by atoms with Gasteiger partial charge in [-0.15, -0.1) is 0 Å². The van der Waals surface area contributed by atoms with Crippen LogP contribution in [0, 0.1) is 20.8 Å². The van der Waals surface area contributed by atoms with E-state index in [9.17, 15) is 4.79 Å². The van der Waals surface area contributed by atoms with Crippen molar-refractivity contribution in [3.63, 3.8) is 0 Å². The van der Waals surface area contributed by atoms with Gasteiger partial charge in [0.25, 0.3) is 0 Å². The molecule has 0 saturated carbocycles. The van der Waals surface area contributed by atoms with Gasteiger partial charge in [-0.05, 0) is 67.8 Å². The van der Waals surface area contributed by atoms with Crippen LogP contribution >= 0.6 is 0 Å². The molecule has 0 spiro atoms. The number of ether oxygens (including phenoxy) is 1. The molecule has 0 aliphatic carbocycles. The third kappa shape index (κ3) is 3.60. The van der Waals surface area contributed by atoms with E-state index in [2.05, 4.69) is 32.9 Å². The number of hydrogen-bond donors (Lipinski definition) is 0. The van der Waals surface area contributed by atoms with Gasteiger partial charge in [-0.1, -0.05) is 23.8 Å². The molecule has 0 unspecified atom stereocenters. The Hall–Kier alpha value is -2.35. The predicted octanol–water partition coefficient (Wildman–Crippen LogP) is 4.52. The number of carbonyl (C=O) groups excluding carboxylic acids is 1. The predicted molar refractivity (Wildman–Crippen MR) is 87.0 cm³/mol. The van der Waals surface area contributed by atoms with Crippen LogP contribution in [0.5, 0.6) is 5.75 Å². The zero-order valence-corrected chi connectivity index (χ0v) is 12.9. The summed E-state index contributed by atoms with van der Waals surface area (Å²) in [7, 11) is 1.61. The van der Waals surface area contributed by atoms with Crippen LogP contribution in [0.4, 0.5) is 0 Å². The highest BCUT2D eigenvalue weighted by Gasteiger charge is 2.04. The molecule has 0 atom stereocenters. The van der Waals surface area contributed by atoms with Crippen molar-refractivity contribution in [1.29, 1.82) is 0 Å². The third-order valence-electron chi connectivity index (χ3n) is 3.51. The Kier molecular flexibility index (Phi) is 4.59. The Morgan fingerprint density at radius 2 is 1.57 bits per heavy atom. The van der Waals surface area contributed by atoms with Crippen molar-refractivity contribution in [3.8, 4) is 5.75 Å². The molecule has 2 heteroatoms. The van der Waals surface area contributed by atoms with Crippen LogP contribution in [-0.4, -0.2) is 12.9 Å². The van der Waals surface area contributed by atoms with Gasteiger partial charge in [0.05, 0.1) is 7.11 Å². The maximum atomic E-state index is 12.2. The summed E-state index contributed by atoms with van der Waals surface area (Å²) in [5.41, 5.74) is 5.39. The number of aryl methyl sites for hydroxylation is 3. The fourth-order valence-corrected chi connectivity index (χ4v) is 2.46. The minimum Gasteiger partial charge on any atom is -0.497 e. The first-order valence-corrected chi connectivity index (χ1v) is 6.95. The molecule has 0 radical (unpaired) electrons. The Balaban J connectivity index is 2.22. The average Bonchev–Trinajstić information content (AvgIpc) is 2.46. The van der Waals surface area contributed by atoms with Gasteiger partial charge in [0.2, 0.25) is 0 Å². The average molecular weight is 280 g/mol. The lowest BCUT2D eigenvalue weighted by atomic mass is 9.98. The summed E-state index contributed by atoms with van der Waals surface area (Å²) in [5.74, 6) is 0.748. The summed E-state index contributed by atoms with van der Waals surface area (Å²) < 4.78 is 5.09. The van der Waals surface area contributed by atoms with Crippen LogP contribution in [0.15, 0.2) is 42.5 Å². The Bertz CT molecular complexity index is 656. The van der Waals surface area contributed by atoms with Crippen molar-refractivity contribution < 1.29 is 9.53 Å². The molecule has 21 heavy (non-hydrogen) atoms. The van der Waals surface area contributed by atoms with E-state index in [1.165, 1.54) is 16.7 Å². The van der Waals surface area contributed by atoms with Crippen LogP contribution in [0.3, 0.4) is 0 Å². The van der Waals surface area contributed by atoms with Crippen molar-refractivity contribution in [1.82, 2.24) is 0 Å². The summed E-state index contributed by atoms with van der Waals surface area (Å²) in [6.07, 6.45) is 3.53. The van der Waals surface area contributed by atoms with Crippen LogP contribution in [0.25, 0.3) is 6.08 Å². The first kappa shape index (κ1) is 15.0. The lowest BCUT2D eigenvalue weighted by Crippen LogP contribution is -1.95. The molecular formula is C19H20O2. The monoisotopic (exact) mass is 280 g/mol. The van der Waals surface area contributed by atoms with E-state index in [0.717, 1.165) is 11.3 Å². The van der Waals surface area contributed by atoms with Gasteiger partial charge < -0.3 is 4.74 Å². The first-order valence-electron chi connectivity index (χ1n) is 6.95. The SMILES string of the molecule is COc1ccc(C(=O)/C=C/c2c(C)cc(C)cc2C)cc1. The molecule has 2 rings (SSSR count). The molecule has 0 amide bonds. The highest BCUT2D eigenvalue weighted by atomic mass is 16.5. The summed E-state index contributed by atoms with van der Waals surface area (Å²) in [4.78, 5) is 12.2. The number of carbonyl (C=O) groups is 1. The van der Waals surface area contributed by atoms with Crippen LogP contribution in [0.2, 0.25) is 0 Å². The second-order valence-electron chi connectivity index (χ2n) is 5.24. The number of methoxy groups -OCH3 is 1. The highest BCUT2D eigenvalue weighted by Crippen LogP contribution is 2.18. The largest absolute Gasteiger partial charge is 0.497 e. The fourth-order valence-electron chi connectivity index (χ4n) is 2.46. The zero-order chi connectivity index (χ0) is 15.4. The van der Waals surface area contributed by atoms with E-state index in [0.29, 0.717) is 5.56 Å². The lowest BCUT2D eigenvalue weighted by molar-refractivity contribution is 0.104. The van der Waals surface area contributed by atoms with Crippen molar-refractivity contribution in [2.45, 2.75) is 20.8 Å². The van der Waals surface area contributed by atoms with E-state index >= 15 is 0 Å². The molecule has 0 saturated heterocycles. The lowest BCUT2D eigenvalue weighted by Gasteiger charge is -2.07. The second-order valence-corrected chi connectivity index (χ2v) is 5.24. The van der Waals surface area contributed by atoms with Crippen LogP contribution in [-0.2, 0) is 0 Å². The number of rotatable bonds is 4. The van der Waals surface area contributed by atoms with Crippen molar-refractivity contribution in [2.75, 3.05) is 7.11 Å². The standard InChI is InChI=1S/C19H20O2/c1-13-11-14(2)18(15(3)12-13)9-10-19(20)16-5-7-17(21-4)8-6-16/h5-12H,1-4H3/b10-9+. The number of ketones is 1. The van der Waals surface area contributed by atoms with Crippen molar-refractivity contribution >= 4 is 11.9 Å². The topological polar surface area (TPSA) is 26.3 Å². The quantitative estimate of drug-likeness (QED) is 0.608. The molecule has 0 bridgehead atoms. The van der Waals surface area contributed by atoms with Gasteiger partial charge in [0.15, 0.2) is 5.78 Å². The fraction of sp³-hybridized carbons (Fsp3) is 0.211. The Morgan fingerprint density at radius 1 is 1.00 bits per heavy atom. The summed E-state index contributed by atoms with van der Waals surface area (Å²) in [6.45, 7) is 6.21. The molecule has 0 heterocycles. The van der Waals surface area contributed by atoms with Crippen molar-refractivity contribution in [2.24, 2.45) is 0 Å². The first-order chi connectivity index (χ1) is 10.0. The Labute approximate surface area is 126 Å². The third-order valence-corrected chi connectivity index (χ3v) is 3.51. The summed E-state index contributed by atoms with van der Waals surface area (Å²) in [5, 5.41) is 0. The number of benzene rings is 2. The van der Waals surface area contributed by atoms with Gasteiger partial charge in [-0.25, -0.2) is 0 Å². The molecule has 108 valence electrons. The van der Waals surface area contributed by atoms with Crippen LogP contribution < -0.4 is 4.74 Å². The highest BCUT2D eigenvalue weighted by molar-refractivity contribution is 6.07. The summed E-state index contributed by atoms with van der Waals surface area (Å²) >= 11 is 0. The number of allylic oxidation sites excluding steroid dienone is 1. The minimum absolute atomic E-state index is 0.00275. The Morgan fingerprint density at radius 3 is 2.10 bits per heavy atom. The van der Waals surface area contributed by atoms with Gasteiger partial charge >= 0.3 is 0 Å². The smallest absolute Gasteiger partial charge is 0.185 e. The van der Waals surface area contributed by atoms with E-state index in [1.54, 1.807) is 37.5 Å². The second kappa shape index (κ2) is 6.40. The van der Waals surface area contributed by atoms with Gasteiger partial charge in [0, 0.05) is 5.56 Å². The van der Waals surface area contributed by atoms with Crippen LogP contribution in [0.1, 0.15) is 32.6 Å². The molecule has 0 aliphatic heterocycles. The number of hydrogen-bond acceptors (Lipinski definition) is 2. The zero-order valence-electron chi connectivity index (χ0n) is 12.9. The minimum atomic E-state index is -0.00275. The molecule has 0 aromatic heterocycles. The molecule has 0 N–H and O–H groups in total. The maximum Gasteiger partial charge on any atom is 0.185 e. The molecule has 0 aliphatic rings. The molecule has 2 aromatic rings. The molecule has 2 aromatic carbocycles. The normalized spacial score (nSPS) is 10.9. The summed E-state index contributed by atoms with van der Waals surface area (Å²) in [6, 6.07) is 11.4. The maximum absolute atomic E-state index is 12.2. The van der Waals surface area contributed by atoms with Crippen molar-refractivity contribution in [3.05, 3.63) is 70.3 Å². The molecule has 0 fully saturated rings. The molecular weight excluding hydrogens is 260 g/mol. The van der Waals surface area contributed by atoms with Gasteiger partial charge in [-0.3, -0.25) is 4.79 Å². The van der Waals surface area contributed by atoms with Gasteiger partial charge in [0.1, 0.15) is 5.75 Å². The van der Waals surface area contributed by atoms with Gasteiger partial charge in [-0.2, -0.15) is 0 Å².